The standard InChI is InChI=1S/C24H26ClN5S/c1-4-6-7-14-8-9-15(10-13(14)3)31-24-28-22-19(20(25)18(5-2)27-22)23(29-24)30-11-16-17(12-30)21(16)26/h4,6-10,16-17,21H,1,5,11-12,26H2,2-3H3,(H,27,28,29)/b7-6-. The summed E-state index contributed by atoms with van der Waals surface area (Å²) in [5.74, 6) is 2.07. The number of H-pyrrole nitrogens is 1. The van der Waals surface area contributed by atoms with E-state index in [1.807, 2.05) is 6.08 Å². The minimum atomic E-state index is 0.340. The van der Waals surface area contributed by atoms with Crippen LogP contribution in [-0.4, -0.2) is 34.1 Å². The summed E-state index contributed by atoms with van der Waals surface area (Å²) in [6, 6.07) is 6.74. The molecule has 160 valence electrons. The molecule has 3 heterocycles. The van der Waals surface area contributed by atoms with Crippen molar-refractivity contribution in [3.63, 3.8) is 0 Å². The summed E-state index contributed by atoms with van der Waals surface area (Å²) in [6.45, 7) is 9.82. The van der Waals surface area contributed by atoms with Gasteiger partial charge < -0.3 is 15.6 Å². The number of nitrogens with one attached hydrogen (secondary N) is 1. The Bertz CT molecular complexity index is 1190. The second-order valence-corrected chi connectivity index (χ2v) is 9.77. The average molecular weight is 452 g/mol. The first-order valence-corrected chi connectivity index (χ1v) is 11.9. The highest BCUT2D eigenvalue weighted by molar-refractivity contribution is 7.99. The Morgan fingerprint density at radius 2 is 2.10 bits per heavy atom. The largest absolute Gasteiger partial charge is 0.355 e. The van der Waals surface area contributed by atoms with E-state index in [4.69, 9.17) is 27.3 Å². The zero-order chi connectivity index (χ0) is 21.7. The minimum absolute atomic E-state index is 0.340. The Hall–Kier alpha value is -2.28. The van der Waals surface area contributed by atoms with Crippen molar-refractivity contribution in [2.24, 2.45) is 17.6 Å². The number of anilines is 1. The fourth-order valence-corrected chi connectivity index (χ4v) is 5.72. The zero-order valence-electron chi connectivity index (χ0n) is 17.7. The molecule has 5 nitrogen and oxygen atoms in total. The molecule has 0 amide bonds. The topological polar surface area (TPSA) is 70.8 Å². The normalized spacial score (nSPS) is 22.5. The number of hydrogen-bond donors (Lipinski definition) is 2. The predicted octanol–water partition coefficient (Wildman–Crippen LogP) is 5.23. The van der Waals surface area contributed by atoms with Gasteiger partial charge in [0.05, 0.1) is 10.4 Å². The van der Waals surface area contributed by atoms with Crippen molar-refractivity contribution in [1.82, 2.24) is 15.0 Å². The summed E-state index contributed by atoms with van der Waals surface area (Å²) in [5.41, 5.74) is 10.4. The number of fused-ring (bicyclic) bond motifs is 2. The van der Waals surface area contributed by atoms with E-state index in [0.29, 0.717) is 17.9 Å². The number of aryl methyl sites for hydroxylation is 2. The van der Waals surface area contributed by atoms with Gasteiger partial charge in [-0.15, -0.1) is 0 Å². The van der Waals surface area contributed by atoms with Gasteiger partial charge in [0, 0.05) is 29.7 Å². The molecule has 3 aromatic rings. The van der Waals surface area contributed by atoms with Gasteiger partial charge in [-0.25, -0.2) is 9.97 Å². The third-order valence-corrected chi connectivity index (χ3v) is 7.67. The number of piperidine rings is 1. The van der Waals surface area contributed by atoms with Crippen LogP contribution in [0.4, 0.5) is 5.82 Å². The number of nitrogens with two attached hydrogens (primary N) is 1. The molecular weight excluding hydrogens is 426 g/mol. The van der Waals surface area contributed by atoms with Crippen LogP contribution in [0.3, 0.4) is 0 Å². The van der Waals surface area contributed by atoms with Crippen molar-refractivity contribution < 1.29 is 0 Å². The first kappa shape index (κ1) is 20.6. The van der Waals surface area contributed by atoms with Crippen LogP contribution >= 0.6 is 23.4 Å². The number of hydrogen-bond acceptors (Lipinski definition) is 5. The molecule has 2 aliphatic rings. The summed E-state index contributed by atoms with van der Waals surface area (Å²) in [4.78, 5) is 16.6. The molecule has 5 rings (SSSR count). The third-order valence-electron chi connectivity index (χ3n) is 6.40. The lowest BCUT2D eigenvalue weighted by molar-refractivity contribution is 0.732. The smallest absolute Gasteiger partial charge is 0.196 e. The van der Waals surface area contributed by atoms with Crippen molar-refractivity contribution >= 4 is 46.3 Å². The molecule has 1 saturated carbocycles. The van der Waals surface area contributed by atoms with Crippen LogP contribution in [0.2, 0.25) is 5.02 Å². The molecule has 2 aromatic heterocycles. The molecular formula is C24H26ClN5S. The summed E-state index contributed by atoms with van der Waals surface area (Å²) < 4.78 is 0. The number of rotatable bonds is 6. The Labute approximate surface area is 191 Å². The summed E-state index contributed by atoms with van der Waals surface area (Å²) in [6.07, 6.45) is 6.62. The van der Waals surface area contributed by atoms with E-state index in [2.05, 4.69) is 54.6 Å². The Kier molecular flexibility index (Phi) is 5.32. The quantitative estimate of drug-likeness (QED) is 0.397. The highest BCUT2D eigenvalue weighted by atomic mass is 35.5. The number of aromatic amines is 1. The number of allylic oxidation sites excluding steroid dienone is 2. The van der Waals surface area contributed by atoms with Gasteiger partial charge in [-0.3, -0.25) is 0 Å². The highest BCUT2D eigenvalue weighted by Crippen LogP contribution is 2.47. The maximum Gasteiger partial charge on any atom is 0.196 e. The van der Waals surface area contributed by atoms with Crippen LogP contribution in [0, 0.1) is 18.8 Å². The van der Waals surface area contributed by atoms with E-state index in [1.54, 1.807) is 17.8 Å². The molecule has 1 saturated heterocycles. The maximum absolute atomic E-state index is 6.73. The predicted molar refractivity (Wildman–Crippen MR) is 130 cm³/mol. The summed E-state index contributed by atoms with van der Waals surface area (Å²) in [5, 5.41) is 2.39. The van der Waals surface area contributed by atoms with Crippen molar-refractivity contribution in [2.75, 3.05) is 18.0 Å². The Morgan fingerprint density at radius 1 is 1.32 bits per heavy atom. The molecule has 7 heteroatoms. The molecule has 1 aliphatic carbocycles. The van der Waals surface area contributed by atoms with Gasteiger partial charge in [0.1, 0.15) is 11.5 Å². The lowest BCUT2D eigenvalue weighted by Gasteiger charge is -2.21. The first-order chi connectivity index (χ1) is 15.0. The zero-order valence-corrected chi connectivity index (χ0v) is 19.3. The summed E-state index contributed by atoms with van der Waals surface area (Å²) in [7, 11) is 0. The molecule has 1 aliphatic heterocycles. The van der Waals surface area contributed by atoms with Crippen molar-refractivity contribution in [3.8, 4) is 0 Å². The SMILES string of the molecule is C=C/C=C\c1ccc(Sc2nc(N3CC4C(N)C4C3)c3c(Cl)c(CC)[nH]c3n2)cc1C. The second kappa shape index (κ2) is 8.01. The minimum Gasteiger partial charge on any atom is -0.355 e. The molecule has 2 atom stereocenters. The number of halogens is 1. The highest BCUT2D eigenvalue weighted by Gasteiger charge is 2.54. The molecule has 2 fully saturated rings. The second-order valence-electron chi connectivity index (χ2n) is 8.35. The molecule has 0 radical (unpaired) electrons. The van der Waals surface area contributed by atoms with Crippen LogP contribution in [0.15, 0.2) is 47.0 Å². The fourth-order valence-electron chi connectivity index (χ4n) is 4.51. The molecule has 31 heavy (non-hydrogen) atoms. The lowest BCUT2D eigenvalue weighted by Crippen LogP contribution is -2.29. The van der Waals surface area contributed by atoms with Gasteiger partial charge in [-0.05, 0) is 60.2 Å². The van der Waals surface area contributed by atoms with Crippen LogP contribution in [-0.2, 0) is 6.42 Å². The van der Waals surface area contributed by atoms with E-state index >= 15 is 0 Å². The number of benzene rings is 1. The Morgan fingerprint density at radius 3 is 2.77 bits per heavy atom. The van der Waals surface area contributed by atoms with E-state index in [0.717, 1.165) is 57.1 Å². The third kappa shape index (κ3) is 3.67. The van der Waals surface area contributed by atoms with Crippen molar-refractivity contribution in [3.05, 3.63) is 58.8 Å². The van der Waals surface area contributed by atoms with Gasteiger partial charge in [-0.1, -0.05) is 49.4 Å². The van der Waals surface area contributed by atoms with E-state index in [9.17, 15) is 0 Å². The van der Waals surface area contributed by atoms with Gasteiger partial charge in [0.15, 0.2) is 5.16 Å². The van der Waals surface area contributed by atoms with E-state index in [1.165, 1.54) is 11.1 Å². The summed E-state index contributed by atoms with van der Waals surface area (Å²) >= 11 is 8.30. The van der Waals surface area contributed by atoms with Crippen LogP contribution < -0.4 is 10.6 Å². The van der Waals surface area contributed by atoms with Gasteiger partial charge in [-0.2, -0.15) is 0 Å². The molecule has 0 bridgehead atoms. The van der Waals surface area contributed by atoms with Crippen molar-refractivity contribution in [1.29, 1.82) is 0 Å². The average Bonchev–Trinajstić information content (AvgIpc) is 3.10. The fraction of sp³-hybridized carbons (Fsp3) is 0.333. The van der Waals surface area contributed by atoms with Gasteiger partial charge >= 0.3 is 0 Å². The first-order valence-electron chi connectivity index (χ1n) is 10.7. The van der Waals surface area contributed by atoms with Crippen LogP contribution in [0.5, 0.6) is 0 Å². The van der Waals surface area contributed by atoms with Crippen LogP contribution in [0.25, 0.3) is 17.1 Å². The van der Waals surface area contributed by atoms with Crippen molar-refractivity contribution in [2.45, 2.75) is 36.4 Å². The van der Waals surface area contributed by atoms with Gasteiger partial charge in [0.2, 0.25) is 0 Å². The molecule has 1 aromatic carbocycles. The number of aromatic nitrogens is 3. The monoisotopic (exact) mass is 451 g/mol. The van der Waals surface area contributed by atoms with E-state index in [-0.39, 0.29) is 0 Å². The Balaban J connectivity index is 1.51. The maximum atomic E-state index is 6.73. The van der Waals surface area contributed by atoms with E-state index < -0.39 is 0 Å². The number of nitrogens with zero attached hydrogens (tertiary/aromatic N) is 3. The molecule has 3 N–H and O–H groups in total. The van der Waals surface area contributed by atoms with Crippen LogP contribution in [0.1, 0.15) is 23.7 Å². The molecule has 0 spiro atoms. The molecule has 2 unspecified atom stereocenters. The van der Waals surface area contributed by atoms with Gasteiger partial charge in [0.25, 0.3) is 0 Å². The lowest BCUT2D eigenvalue weighted by atomic mass is 10.1.